The van der Waals surface area contributed by atoms with Crippen LogP contribution in [0.3, 0.4) is 0 Å². The summed E-state index contributed by atoms with van der Waals surface area (Å²) >= 11 is 3.41. The maximum absolute atomic E-state index is 9.03. The van der Waals surface area contributed by atoms with Crippen molar-refractivity contribution in [1.29, 1.82) is 5.26 Å². The smallest absolute Gasteiger partial charge is 0.133 e. The molecule has 17 heavy (non-hydrogen) atoms. The van der Waals surface area contributed by atoms with Crippen LogP contribution in [0.5, 0.6) is 5.75 Å². The average Bonchev–Trinajstić information content (AvgIpc) is 2.70. The fraction of sp³-hybridized carbons (Fsp3) is 0.0833. The van der Waals surface area contributed by atoms with Crippen molar-refractivity contribution >= 4 is 21.7 Å². The molecule has 3 N–H and O–H groups in total. The number of anilines is 1. The Morgan fingerprint density at radius 2 is 2.24 bits per heavy atom. The highest BCUT2D eigenvalue weighted by atomic mass is 79.9. The Balaban J connectivity index is 2.54. The average molecular weight is 292 g/mol. The maximum atomic E-state index is 9.03. The highest BCUT2D eigenvalue weighted by Gasteiger charge is 2.11. The van der Waals surface area contributed by atoms with Crippen LogP contribution >= 0.6 is 15.9 Å². The van der Waals surface area contributed by atoms with Crippen LogP contribution in [0.4, 0.5) is 5.82 Å². The number of nitrogens with zero attached hydrogens (tertiary/aromatic N) is 1. The Labute approximate surface area is 107 Å². The van der Waals surface area contributed by atoms with Crippen LogP contribution in [0.15, 0.2) is 28.9 Å². The monoisotopic (exact) mass is 291 g/mol. The standard InChI is InChI=1S/C12H10BrN3O/c1-17-11-3-2-7(4-10(11)13)9-6-16-12(15)8(9)5-14/h2-4,6,16H,15H2,1H3. The molecule has 1 heterocycles. The number of H-pyrrole nitrogens is 1. The maximum Gasteiger partial charge on any atom is 0.133 e. The number of nitrogens with one attached hydrogen (secondary N) is 1. The Bertz CT molecular complexity index is 598. The summed E-state index contributed by atoms with van der Waals surface area (Å²) in [6, 6.07) is 7.70. The minimum atomic E-state index is 0.384. The van der Waals surface area contributed by atoms with Crippen LogP contribution in [-0.4, -0.2) is 12.1 Å². The van der Waals surface area contributed by atoms with E-state index in [0.29, 0.717) is 11.4 Å². The summed E-state index contributed by atoms with van der Waals surface area (Å²) in [5.74, 6) is 1.13. The number of nitriles is 1. The third kappa shape index (κ3) is 1.99. The summed E-state index contributed by atoms with van der Waals surface area (Å²) in [6.07, 6.45) is 1.72. The van der Waals surface area contributed by atoms with Crippen LogP contribution in [0, 0.1) is 11.3 Å². The number of benzene rings is 1. The zero-order chi connectivity index (χ0) is 12.4. The third-order valence-electron chi connectivity index (χ3n) is 2.49. The number of hydrogen-bond acceptors (Lipinski definition) is 3. The fourth-order valence-corrected chi connectivity index (χ4v) is 2.16. The normalized spacial score (nSPS) is 9.94. The van der Waals surface area contributed by atoms with Crippen molar-refractivity contribution in [3.05, 3.63) is 34.4 Å². The first kappa shape index (κ1) is 11.6. The fourth-order valence-electron chi connectivity index (χ4n) is 1.62. The SMILES string of the molecule is COc1ccc(-c2c[nH]c(N)c2C#N)cc1Br. The molecule has 0 radical (unpaired) electrons. The van der Waals surface area contributed by atoms with Gasteiger partial charge in [0.25, 0.3) is 0 Å². The van der Waals surface area contributed by atoms with Gasteiger partial charge in [0.15, 0.2) is 0 Å². The van der Waals surface area contributed by atoms with Gasteiger partial charge in [0.2, 0.25) is 0 Å². The van der Waals surface area contributed by atoms with Gasteiger partial charge in [0.1, 0.15) is 23.2 Å². The number of nitrogens with two attached hydrogens (primary N) is 1. The van der Waals surface area contributed by atoms with Crippen LogP contribution in [0.2, 0.25) is 0 Å². The third-order valence-corrected chi connectivity index (χ3v) is 3.10. The molecule has 4 nitrogen and oxygen atoms in total. The zero-order valence-corrected chi connectivity index (χ0v) is 10.7. The van der Waals surface area contributed by atoms with E-state index < -0.39 is 0 Å². The first-order valence-electron chi connectivity index (χ1n) is 4.88. The molecule has 0 saturated heterocycles. The van der Waals surface area contributed by atoms with E-state index in [-0.39, 0.29) is 0 Å². The molecule has 0 atom stereocenters. The van der Waals surface area contributed by atoms with Gasteiger partial charge < -0.3 is 15.5 Å². The topological polar surface area (TPSA) is 74.8 Å². The van der Waals surface area contributed by atoms with Gasteiger partial charge in [-0.1, -0.05) is 6.07 Å². The van der Waals surface area contributed by atoms with Gasteiger partial charge in [-0.15, -0.1) is 0 Å². The van der Waals surface area contributed by atoms with Crippen molar-refractivity contribution in [1.82, 2.24) is 4.98 Å². The number of ether oxygens (including phenoxy) is 1. The lowest BCUT2D eigenvalue weighted by Crippen LogP contribution is -1.88. The van der Waals surface area contributed by atoms with Crippen LogP contribution in [-0.2, 0) is 0 Å². The molecule has 5 heteroatoms. The molecule has 0 unspecified atom stereocenters. The molecule has 0 amide bonds. The molecule has 2 aromatic rings. The molecule has 0 saturated carbocycles. The van der Waals surface area contributed by atoms with Crippen molar-refractivity contribution in [3.63, 3.8) is 0 Å². The van der Waals surface area contributed by atoms with Crippen LogP contribution in [0.25, 0.3) is 11.1 Å². The number of aromatic nitrogens is 1. The van der Waals surface area contributed by atoms with Gasteiger partial charge in [-0.2, -0.15) is 5.26 Å². The molecule has 1 aromatic heterocycles. The van der Waals surface area contributed by atoms with Gasteiger partial charge in [-0.3, -0.25) is 0 Å². The molecule has 0 aliphatic rings. The molecular weight excluding hydrogens is 282 g/mol. The molecule has 2 rings (SSSR count). The van der Waals surface area contributed by atoms with E-state index in [2.05, 4.69) is 27.0 Å². The number of methoxy groups -OCH3 is 1. The molecule has 0 aliphatic carbocycles. The van der Waals surface area contributed by atoms with E-state index in [9.17, 15) is 0 Å². The predicted octanol–water partition coefficient (Wildman–Crippen LogP) is 2.91. The van der Waals surface area contributed by atoms with Crippen LogP contribution in [0.1, 0.15) is 5.56 Å². The van der Waals surface area contributed by atoms with E-state index >= 15 is 0 Å². The number of aromatic amines is 1. The molecule has 86 valence electrons. The first-order chi connectivity index (χ1) is 8.17. The summed E-state index contributed by atoms with van der Waals surface area (Å²) in [4.78, 5) is 2.84. The van der Waals surface area contributed by atoms with Crippen molar-refractivity contribution in [3.8, 4) is 22.9 Å². The Kier molecular flexibility index (Phi) is 3.07. The molecule has 1 aromatic carbocycles. The minimum Gasteiger partial charge on any atom is -0.496 e. The van der Waals surface area contributed by atoms with Crippen LogP contribution < -0.4 is 10.5 Å². The van der Waals surface area contributed by atoms with Crippen molar-refractivity contribution < 1.29 is 4.74 Å². The van der Waals surface area contributed by atoms with Crippen molar-refractivity contribution in [2.24, 2.45) is 0 Å². The second-order valence-electron chi connectivity index (χ2n) is 3.45. The van der Waals surface area contributed by atoms with E-state index in [0.717, 1.165) is 21.3 Å². The molecule has 0 aliphatic heterocycles. The van der Waals surface area contributed by atoms with Gasteiger partial charge in [-0.25, -0.2) is 0 Å². The molecule has 0 bridgehead atoms. The lowest BCUT2D eigenvalue weighted by molar-refractivity contribution is 0.412. The van der Waals surface area contributed by atoms with Gasteiger partial charge >= 0.3 is 0 Å². The molecule has 0 spiro atoms. The second-order valence-corrected chi connectivity index (χ2v) is 4.31. The first-order valence-corrected chi connectivity index (χ1v) is 5.67. The summed E-state index contributed by atoms with van der Waals surface area (Å²) in [7, 11) is 1.61. The number of nitrogen functional groups attached to an aromatic ring is 1. The highest BCUT2D eigenvalue weighted by molar-refractivity contribution is 9.10. The van der Waals surface area contributed by atoms with Gasteiger partial charge in [-0.05, 0) is 33.6 Å². The number of hydrogen-bond donors (Lipinski definition) is 2. The quantitative estimate of drug-likeness (QED) is 0.893. The van der Waals surface area contributed by atoms with E-state index in [1.54, 1.807) is 13.3 Å². The summed E-state index contributed by atoms with van der Waals surface area (Å²) < 4.78 is 5.99. The second kappa shape index (κ2) is 4.52. The largest absolute Gasteiger partial charge is 0.496 e. The van der Waals surface area contributed by atoms with Crippen molar-refractivity contribution in [2.45, 2.75) is 0 Å². The summed E-state index contributed by atoms with van der Waals surface area (Å²) in [5, 5.41) is 9.03. The Morgan fingerprint density at radius 3 is 2.82 bits per heavy atom. The number of rotatable bonds is 2. The Morgan fingerprint density at radius 1 is 1.47 bits per heavy atom. The zero-order valence-electron chi connectivity index (χ0n) is 9.12. The van der Waals surface area contributed by atoms with E-state index in [1.165, 1.54) is 0 Å². The van der Waals surface area contributed by atoms with E-state index in [4.69, 9.17) is 15.7 Å². The molecule has 0 fully saturated rings. The predicted molar refractivity (Wildman–Crippen MR) is 69.6 cm³/mol. The minimum absolute atomic E-state index is 0.384. The summed E-state index contributed by atoms with van der Waals surface area (Å²) in [6.45, 7) is 0. The molecular formula is C12H10BrN3O. The van der Waals surface area contributed by atoms with Gasteiger partial charge in [0.05, 0.1) is 11.6 Å². The lowest BCUT2D eigenvalue weighted by Gasteiger charge is -2.05. The Hall–Kier alpha value is -1.93. The number of halogens is 1. The lowest BCUT2D eigenvalue weighted by atomic mass is 10.0. The highest BCUT2D eigenvalue weighted by Crippen LogP contribution is 2.33. The van der Waals surface area contributed by atoms with Gasteiger partial charge in [0, 0.05) is 11.8 Å². The summed E-state index contributed by atoms with van der Waals surface area (Å²) in [5.41, 5.74) is 7.82. The van der Waals surface area contributed by atoms with E-state index in [1.807, 2.05) is 18.2 Å². The van der Waals surface area contributed by atoms with Crippen molar-refractivity contribution in [2.75, 3.05) is 12.8 Å².